The zero-order valence-corrected chi connectivity index (χ0v) is 17.0. The van der Waals surface area contributed by atoms with E-state index in [1.165, 1.54) is 18.6 Å². The summed E-state index contributed by atoms with van der Waals surface area (Å²) in [5.41, 5.74) is 1.05. The van der Waals surface area contributed by atoms with Gasteiger partial charge in [-0.25, -0.2) is 16.8 Å². The lowest BCUT2D eigenvalue weighted by Gasteiger charge is -2.28. The molecular formula is C18H25NO7S2. The van der Waals surface area contributed by atoms with Crippen molar-refractivity contribution >= 4 is 25.8 Å². The number of benzene rings is 1. The van der Waals surface area contributed by atoms with Crippen LogP contribution in [0.5, 0.6) is 0 Å². The van der Waals surface area contributed by atoms with Crippen LogP contribution >= 0.6 is 0 Å². The van der Waals surface area contributed by atoms with Crippen LogP contribution in [0.25, 0.3) is 0 Å². The average molecular weight is 432 g/mol. The van der Waals surface area contributed by atoms with Crippen LogP contribution < -0.4 is 0 Å². The lowest BCUT2D eigenvalue weighted by molar-refractivity contribution is -0.137. The Bertz CT molecular complexity index is 919. The molecule has 1 saturated carbocycles. The van der Waals surface area contributed by atoms with Crippen molar-refractivity contribution in [2.24, 2.45) is 0 Å². The van der Waals surface area contributed by atoms with Crippen LogP contribution in [0.1, 0.15) is 43.6 Å². The summed E-state index contributed by atoms with van der Waals surface area (Å²) in [4.78, 5) is 11.1. The minimum absolute atomic E-state index is 0.107. The number of aliphatic hydroxyl groups is 1. The van der Waals surface area contributed by atoms with Gasteiger partial charge < -0.3 is 10.2 Å². The Labute approximate surface area is 165 Å². The highest BCUT2D eigenvalue weighted by atomic mass is 32.2. The molecule has 1 heterocycles. The van der Waals surface area contributed by atoms with Crippen molar-refractivity contribution in [2.75, 3.05) is 18.1 Å². The van der Waals surface area contributed by atoms with Gasteiger partial charge in [-0.2, -0.15) is 4.31 Å². The first-order chi connectivity index (χ1) is 13.1. The maximum Gasteiger partial charge on any atom is 0.318 e. The van der Waals surface area contributed by atoms with Crippen LogP contribution in [-0.2, 0) is 24.7 Å². The first-order valence-corrected chi connectivity index (χ1v) is 12.6. The number of nitrogens with zero attached hydrogens (tertiary/aromatic N) is 1. The number of aliphatic carboxylic acids is 1. The van der Waals surface area contributed by atoms with Gasteiger partial charge in [0.1, 0.15) is 6.54 Å². The number of sulfonamides is 1. The van der Waals surface area contributed by atoms with Gasteiger partial charge in [0.2, 0.25) is 10.0 Å². The first kappa shape index (κ1) is 21.2. The molecule has 2 aliphatic rings. The van der Waals surface area contributed by atoms with Crippen molar-refractivity contribution in [3.8, 4) is 0 Å². The molecule has 0 radical (unpaired) electrons. The molecule has 2 N–H and O–H groups in total. The molecule has 0 unspecified atom stereocenters. The molecule has 2 fully saturated rings. The molecule has 1 aromatic rings. The van der Waals surface area contributed by atoms with Gasteiger partial charge in [0.15, 0.2) is 9.84 Å². The third-order valence-electron chi connectivity index (χ3n) is 5.52. The normalized spacial score (nSPS) is 25.8. The van der Waals surface area contributed by atoms with Crippen molar-refractivity contribution in [3.05, 3.63) is 29.8 Å². The van der Waals surface area contributed by atoms with Gasteiger partial charge in [-0.1, -0.05) is 31.4 Å². The third-order valence-corrected chi connectivity index (χ3v) is 9.10. The molecule has 3 rings (SSSR count). The second-order valence-corrected chi connectivity index (χ2v) is 11.6. The number of carbonyl (C=O) groups is 1. The van der Waals surface area contributed by atoms with Crippen molar-refractivity contribution in [3.63, 3.8) is 0 Å². The Morgan fingerprint density at radius 2 is 1.68 bits per heavy atom. The minimum atomic E-state index is -4.28. The zero-order valence-electron chi connectivity index (χ0n) is 15.4. The van der Waals surface area contributed by atoms with E-state index >= 15 is 0 Å². The standard InChI is InChI=1S/C18H25NO7S2/c20-17-12-27(23,24)11-16(17)19(10-18(21)22)28(25,26)15-8-6-14(7-9-15)13-4-2-1-3-5-13/h6-9,13,16-17,20H,1-5,10-12H2,(H,21,22)/t16-,17-/m0/s1. The predicted octanol–water partition coefficient (Wildman–Crippen LogP) is 0.968. The zero-order chi connectivity index (χ0) is 20.5. The lowest BCUT2D eigenvalue weighted by atomic mass is 9.84. The Morgan fingerprint density at radius 3 is 2.18 bits per heavy atom. The molecule has 0 spiro atoms. The van der Waals surface area contributed by atoms with Crippen molar-refractivity contribution in [1.82, 2.24) is 4.31 Å². The second-order valence-electron chi connectivity index (χ2n) is 7.56. The highest BCUT2D eigenvalue weighted by Gasteiger charge is 2.45. The van der Waals surface area contributed by atoms with E-state index in [0.717, 1.165) is 31.2 Å². The van der Waals surface area contributed by atoms with E-state index in [0.29, 0.717) is 10.2 Å². The highest BCUT2D eigenvalue weighted by Crippen LogP contribution is 2.33. The number of hydrogen-bond acceptors (Lipinski definition) is 6. The molecule has 8 nitrogen and oxygen atoms in total. The lowest BCUT2D eigenvalue weighted by Crippen LogP contribution is -2.48. The van der Waals surface area contributed by atoms with Crippen LogP contribution in [-0.4, -0.2) is 67.5 Å². The Balaban J connectivity index is 1.89. The predicted molar refractivity (Wildman–Crippen MR) is 102 cm³/mol. The topological polar surface area (TPSA) is 129 Å². The van der Waals surface area contributed by atoms with Gasteiger partial charge in [-0.15, -0.1) is 0 Å². The summed E-state index contributed by atoms with van der Waals surface area (Å²) in [6.45, 7) is -0.913. The molecule has 0 bridgehead atoms. The molecule has 0 amide bonds. The van der Waals surface area contributed by atoms with E-state index < -0.39 is 56.0 Å². The summed E-state index contributed by atoms with van der Waals surface area (Å²) >= 11 is 0. The Morgan fingerprint density at radius 1 is 1.07 bits per heavy atom. The fourth-order valence-corrected chi connectivity index (χ4v) is 7.58. The Hall–Kier alpha value is -1.49. The summed E-state index contributed by atoms with van der Waals surface area (Å²) in [6.07, 6.45) is 4.16. The van der Waals surface area contributed by atoms with E-state index in [-0.39, 0.29) is 4.90 Å². The summed E-state index contributed by atoms with van der Waals surface area (Å²) in [6, 6.07) is 5.03. The molecule has 1 aromatic carbocycles. The van der Waals surface area contributed by atoms with E-state index in [2.05, 4.69) is 0 Å². The van der Waals surface area contributed by atoms with E-state index in [4.69, 9.17) is 5.11 Å². The van der Waals surface area contributed by atoms with E-state index in [1.807, 2.05) is 0 Å². The summed E-state index contributed by atoms with van der Waals surface area (Å²) in [5, 5.41) is 19.2. The van der Waals surface area contributed by atoms with Crippen LogP contribution in [0, 0.1) is 0 Å². The fraction of sp³-hybridized carbons (Fsp3) is 0.611. The maximum absolute atomic E-state index is 13.1. The summed E-state index contributed by atoms with van der Waals surface area (Å²) < 4.78 is 50.3. The third kappa shape index (κ3) is 4.56. The number of carboxylic acids is 1. The molecule has 1 saturated heterocycles. The Kier molecular flexibility index (Phi) is 6.14. The number of sulfone groups is 1. The molecule has 0 aromatic heterocycles. The van der Waals surface area contributed by atoms with Gasteiger partial charge in [0.25, 0.3) is 0 Å². The van der Waals surface area contributed by atoms with Crippen molar-refractivity contribution in [1.29, 1.82) is 0 Å². The number of hydrogen-bond donors (Lipinski definition) is 2. The first-order valence-electron chi connectivity index (χ1n) is 9.32. The summed E-state index contributed by atoms with van der Waals surface area (Å²) in [7, 11) is -7.92. The van der Waals surface area contributed by atoms with Gasteiger partial charge in [-0.3, -0.25) is 4.79 Å². The van der Waals surface area contributed by atoms with Gasteiger partial charge in [0, 0.05) is 0 Å². The highest BCUT2D eigenvalue weighted by molar-refractivity contribution is 7.92. The van der Waals surface area contributed by atoms with Crippen molar-refractivity contribution in [2.45, 2.75) is 55.1 Å². The molecule has 2 atom stereocenters. The number of rotatable bonds is 6. The van der Waals surface area contributed by atoms with Gasteiger partial charge in [0.05, 0.1) is 28.5 Å². The summed E-state index contributed by atoms with van der Waals surface area (Å²) in [5.74, 6) is -2.20. The number of aliphatic hydroxyl groups excluding tert-OH is 1. The largest absolute Gasteiger partial charge is 0.480 e. The molecule has 28 heavy (non-hydrogen) atoms. The van der Waals surface area contributed by atoms with Gasteiger partial charge >= 0.3 is 5.97 Å². The number of carboxylic acid groups (broad SMARTS) is 1. The molecular weight excluding hydrogens is 406 g/mol. The molecule has 1 aliphatic carbocycles. The van der Waals surface area contributed by atoms with Crippen molar-refractivity contribution < 1.29 is 31.8 Å². The molecule has 10 heteroatoms. The SMILES string of the molecule is O=C(O)CN([C@H]1CS(=O)(=O)C[C@@H]1O)S(=O)(=O)c1ccc(C2CCCCC2)cc1. The molecule has 156 valence electrons. The van der Waals surface area contributed by atoms with Crippen LogP contribution in [0.2, 0.25) is 0 Å². The van der Waals surface area contributed by atoms with Crippen LogP contribution in [0.4, 0.5) is 0 Å². The van der Waals surface area contributed by atoms with E-state index in [9.17, 15) is 26.7 Å². The van der Waals surface area contributed by atoms with Gasteiger partial charge in [-0.05, 0) is 36.5 Å². The second kappa shape index (κ2) is 8.10. The minimum Gasteiger partial charge on any atom is -0.480 e. The average Bonchev–Trinajstić information content (AvgIpc) is 2.92. The fourth-order valence-electron chi connectivity index (χ4n) is 4.08. The monoisotopic (exact) mass is 431 g/mol. The van der Waals surface area contributed by atoms with Crippen LogP contribution in [0.15, 0.2) is 29.2 Å². The van der Waals surface area contributed by atoms with Crippen LogP contribution in [0.3, 0.4) is 0 Å². The maximum atomic E-state index is 13.1. The smallest absolute Gasteiger partial charge is 0.318 e. The quantitative estimate of drug-likeness (QED) is 0.686. The molecule has 1 aliphatic heterocycles. The van der Waals surface area contributed by atoms with E-state index in [1.54, 1.807) is 12.1 Å².